The molecule has 0 aromatic carbocycles. The van der Waals surface area contributed by atoms with Gasteiger partial charge in [-0.3, -0.25) is 0 Å². The number of hydrogen-bond donors (Lipinski definition) is 2. The van der Waals surface area contributed by atoms with Crippen LogP contribution >= 0.6 is 0 Å². The predicted molar refractivity (Wildman–Crippen MR) is 55.9 cm³/mol. The van der Waals surface area contributed by atoms with Crippen LogP contribution in [0.1, 0.15) is 38.5 Å². The summed E-state index contributed by atoms with van der Waals surface area (Å²) in [5.74, 6) is 0.967. The molecule has 0 aromatic heterocycles. The Kier molecular flexibility index (Phi) is 3.62. The molecule has 2 N–H and O–H groups in total. The lowest BCUT2D eigenvalue weighted by Gasteiger charge is -2.22. The standard InChI is InChI=1S/C11H22N2/c1-3-10(9-12-7-1)4-2-8-13-11-5-6-11/h10-13H,1-9H2/t10-/m0/s1. The van der Waals surface area contributed by atoms with E-state index >= 15 is 0 Å². The summed E-state index contributed by atoms with van der Waals surface area (Å²) in [6.07, 6.45) is 8.49. The number of rotatable bonds is 5. The van der Waals surface area contributed by atoms with Crippen LogP contribution in [0.2, 0.25) is 0 Å². The van der Waals surface area contributed by atoms with Crippen LogP contribution in [0.25, 0.3) is 0 Å². The Morgan fingerprint density at radius 1 is 1.23 bits per heavy atom. The van der Waals surface area contributed by atoms with Crippen molar-refractivity contribution < 1.29 is 0 Å². The van der Waals surface area contributed by atoms with Crippen molar-refractivity contribution in [1.82, 2.24) is 10.6 Å². The molecule has 13 heavy (non-hydrogen) atoms. The summed E-state index contributed by atoms with van der Waals surface area (Å²) in [5.41, 5.74) is 0. The van der Waals surface area contributed by atoms with Gasteiger partial charge in [-0.2, -0.15) is 0 Å². The molecule has 1 saturated heterocycles. The molecule has 1 atom stereocenters. The van der Waals surface area contributed by atoms with Crippen molar-refractivity contribution in [2.75, 3.05) is 19.6 Å². The Balaban J connectivity index is 1.46. The quantitative estimate of drug-likeness (QED) is 0.630. The second kappa shape index (κ2) is 4.97. The van der Waals surface area contributed by atoms with Gasteiger partial charge in [0.25, 0.3) is 0 Å². The number of nitrogens with one attached hydrogen (secondary N) is 2. The molecule has 76 valence electrons. The molecule has 0 aromatic rings. The minimum atomic E-state index is 0.893. The largest absolute Gasteiger partial charge is 0.316 e. The van der Waals surface area contributed by atoms with Crippen LogP contribution in [-0.2, 0) is 0 Å². The zero-order valence-electron chi connectivity index (χ0n) is 8.52. The minimum Gasteiger partial charge on any atom is -0.316 e. The van der Waals surface area contributed by atoms with Gasteiger partial charge >= 0.3 is 0 Å². The molecule has 2 rings (SSSR count). The Morgan fingerprint density at radius 3 is 2.85 bits per heavy atom. The van der Waals surface area contributed by atoms with E-state index in [4.69, 9.17) is 0 Å². The van der Waals surface area contributed by atoms with E-state index in [0.717, 1.165) is 12.0 Å². The second-order valence-corrected chi connectivity index (χ2v) is 4.58. The van der Waals surface area contributed by atoms with E-state index < -0.39 is 0 Å². The Bertz CT molecular complexity index is 137. The molecule has 1 aliphatic heterocycles. The van der Waals surface area contributed by atoms with Gasteiger partial charge in [0.2, 0.25) is 0 Å². The lowest BCUT2D eigenvalue weighted by Crippen LogP contribution is -2.30. The van der Waals surface area contributed by atoms with E-state index in [1.165, 1.54) is 58.2 Å². The highest BCUT2D eigenvalue weighted by Gasteiger charge is 2.19. The third-order valence-corrected chi connectivity index (χ3v) is 3.20. The molecule has 0 spiro atoms. The Labute approximate surface area is 81.5 Å². The fourth-order valence-corrected chi connectivity index (χ4v) is 2.15. The summed E-state index contributed by atoms with van der Waals surface area (Å²) in [4.78, 5) is 0. The van der Waals surface area contributed by atoms with Crippen molar-refractivity contribution in [3.05, 3.63) is 0 Å². The Morgan fingerprint density at radius 2 is 2.15 bits per heavy atom. The first-order valence-electron chi connectivity index (χ1n) is 5.89. The van der Waals surface area contributed by atoms with Crippen LogP contribution in [-0.4, -0.2) is 25.7 Å². The van der Waals surface area contributed by atoms with Gasteiger partial charge in [-0.05, 0) is 64.1 Å². The van der Waals surface area contributed by atoms with Gasteiger partial charge in [0.1, 0.15) is 0 Å². The predicted octanol–water partition coefficient (Wildman–Crippen LogP) is 1.52. The molecule has 1 aliphatic carbocycles. The van der Waals surface area contributed by atoms with Gasteiger partial charge in [0.15, 0.2) is 0 Å². The van der Waals surface area contributed by atoms with Gasteiger partial charge in [-0.25, -0.2) is 0 Å². The summed E-state index contributed by atoms with van der Waals surface area (Å²) in [6, 6.07) is 0.893. The van der Waals surface area contributed by atoms with Crippen molar-refractivity contribution in [3.8, 4) is 0 Å². The van der Waals surface area contributed by atoms with Crippen molar-refractivity contribution >= 4 is 0 Å². The highest BCUT2D eigenvalue weighted by atomic mass is 14.9. The van der Waals surface area contributed by atoms with Gasteiger partial charge in [0, 0.05) is 6.04 Å². The summed E-state index contributed by atoms with van der Waals surface area (Å²) in [6.45, 7) is 3.77. The average molecular weight is 182 g/mol. The molecule has 1 saturated carbocycles. The van der Waals surface area contributed by atoms with Gasteiger partial charge in [-0.1, -0.05) is 0 Å². The molecule has 0 radical (unpaired) electrons. The van der Waals surface area contributed by atoms with Crippen LogP contribution in [0.4, 0.5) is 0 Å². The van der Waals surface area contributed by atoms with E-state index in [0.29, 0.717) is 0 Å². The third-order valence-electron chi connectivity index (χ3n) is 3.20. The van der Waals surface area contributed by atoms with E-state index in [1.807, 2.05) is 0 Å². The lowest BCUT2D eigenvalue weighted by molar-refractivity contribution is 0.348. The number of piperidine rings is 1. The fraction of sp³-hybridized carbons (Fsp3) is 1.00. The molecule has 0 unspecified atom stereocenters. The molecule has 2 nitrogen and oxygen atoms in total. The highest BCUT2D eigenvalue weighted by molar-refractivity contribution is 4.80. The number of hydrogen-bond acceptors (Lipinski definition) is 2. The molecule has 1 heterocycles. The van der Waals surface area contributed by atoms with E-state index in [1.54, 1.807) is 0 Å². The molecular formula is C11H22N2. The van der Waals surface area contributed by atoms with Crippen molar-refractivity contribution in [1.29, 1.82) is 0 Å². The molecular weight excluding hydrogens is 160 g/mol. The van der Waals surface area contributed by atoms with Crippen molar-refractivity contribution in [3.63, 3.8) is 0 Å². The summed E-state index contributed by atoms with van der Waals surface area (Å²) >= 11 is 0. The maximum atomic E-state index is 3.58. The van der Waals surface area contributed by atoms with Crippen molar-refractivity contribution in [2.24, 2.45) is 5.92 Å². The van der Waals surface area contributed by atoms with Crippen LogP contribution < -0.4 is 10.6 Å². The minimum absolute atomic E-state index is 0.893. The molecule has 2 heteroatoms. The fourth-order valence-electron chi connectivity index (χ4n) is 2.15. The van der Waals surface area contributed by atoms with Crippen molar-refractivity contribution in [2.45, 2.75) is 44.6 Å². The highest BCUT2D eigenvalue weighted by Crippen LogP contribution is 2.19. The van der Waals surface area contributed by atoms with Gasteiger partial charge in [0.05, 0.1) is 0 Å². The zero-order valence-corrected chi connectivity index (χ0v) is 8.52. The molecule has 2 fully saturated rings. The SMILES string of the molecule is C1CNC[C@H](CCCNC2CC2)C1. The monoisotopic (exact) mass is 182 g/mol. The molecule has 0 bridgehead atoms. The summed E-state index contributed by atoms with van der Waals surface area (Å²) < 4.78 is 0. The third kappa shape index (κ3) is 3.65. The summed E-state index contributed by atoms with van der Waals surface area (Å²) in [5, 5.41) is 7.05. The first-order valence-corrected chi connectivity index (χ1v) is 5.89. The zero-order chi connectivity index (χ0) is 8.93. The normalized spacial score (nSPS) is 29.1. The van der Waals surface area contributed by atoms with Crippen LogP contribution in [0.5, 0.6) is 0 Å². The molecule has 2 aliphatic rings. The second-order valence-electron chi connectivity index (χ2n) is 4.58. The first-order chi connectivity index (χ1) is 6.45. The van der Waals surface area contributed by atoms with E-state index in [-0.39, 0.29) is 0 Å². The van der Waals surface area contributed by atoms with Crippen LogP contribution in [0, 0.1) is 5.92 Å². The maximum absolute atomic E-state index is 3.58. The first kappa shape index (κ1) is 9.47. The smallest absolute Gasteiger partial charge is 0.00682 e. The van der Waals surface area contributed by atoms with E-state index in [2.05, 4.69) is 10.6 Å². The average Bonchev–Trinajstić information content (AvgIpc) is 2.98. The Hall–Kier alpha value is -0.0800. The van der Waals surface area contributed by atoms with Crippen LogP contribution in [0.15, 0.2) is 0 Å². The van der Waals surface area contributed by atoms with Crippen LogP contribution in [0.3, 0.4) is 0 Å². The van der Waals surface area contributed by atoms with Gasteiger partial charge < -0.3 is 10.6 Å². The lowest BCUT2D eigenvalue weighted by atomic mass is 9.95. The van der Waals surface area contributed by atoms with Gasteiger partial charge in [-0.15, -0.1) is 0 Å². The maximum Gasteiger partial charge on any atom is 0.00682 e. The summed E-state index contributed by atoms with van der Waals surface area (Å²) in [7, 11) is 0. The molecule has 0 amide bonds. The topological polar surface area (TPSA) is 24.1 Å². The van der Waals surface area contributed by atoms with E-state index in [9.17, 15) is 0 Å².